The molecule has 2 rings (SSSR count). The second kappa shape index (κ2) is 6.13. The number of amides is 1. The van der Waals surface area contributed by atoms with E-state index in [9.17, 15) is 4.79 Å². The van der Waals surface area contributed by atoms with Gasteiger partial charge in [-0.1, -0.05) is 16.8 Å². The van der Waals surface area contributed by atoms with Gasteiger partial charge in [0.05, 0.1) is 12.2 Å². The Labute approximate surface area is 128 Å². The zero-order chi connectivity index (χ0) is 15.6. The largest absolute Gasteiger partial charge is 0.361 e. The zero-order valence-electron chi connectivity index (χ0n) is 12.4. The number of likely N-dealkylation sites (N-methyl/N-ethyl adjacent to an activating group) is 1. The van der Waals surface area contributed by atoms with Crippen molar-refractivity contribution < 1.29 is 9.32 Å². The van der Waals surface area contributed by atoms with Crippen LogP contribution in [0, 0.1) is 13.8 Å². The Morgan fingerprint density at radius 2 is 2.24 bits per heavy atom. The fourth-order valence-electron chi connectivity index (χ4n) is 1.93. The van der Waals surface area contributed by atoms with Crippen LogP contribution in [0.1, 0.15) is 22.7 Å². The maximum absolute atomic E-state index is 12.1. The van der Waals surface area contributed by atoms with Crippen LogP contribution in [-0.2, 0) is 18.4 Å². The SMILES string of the molecule is Cc1cc(CN(C)C(=O)/C=C/c2c(C)nn(C)c2Cl)no1. The van der Waals surface area contributed by atoms with Gasteiger partial charge in [0.15, 0.2) is 0 Å². The Morgan fingerprint density at radius 3 is 2.76 bits per heavy atom. The van der Waals surface area contributed by atoms with Crippen molar-refractivity contribution in [2.24, 2.45) is 7.05 Å². The smallest absolute Gasteiger partial charge is 0.246 e. The minimum atomic E-state index is -0.144. The first kappa shape index (κ1) is 15.3. The average Bonchev–Trinajstić information content (AvgIpc) is 2.92. The number of hydrogen-bond donors (Lipinski definition) is 0. The molecule has 7 heteroatoms. The first-order valence-electron chi connectivity index (χ1n) is 6.43. The summed E-state index contributed by atoms with van der Waals surface area (Å²) in [5, 5.41) is 8.56. The number of nitrogens with zero attached hydrogens (tertiary/aromatic N) is 4. The summed E-state index contributed by atoms with van der Waals surface area (Å²) >= 11 is 6.11. The molecule has 0 aromatic carbocycles. The molecular weight excluding hydrogens is 292 g/mol. The monoisotopic (exact) mass is 308 g/mol. The summed E-state index contributed by atoms with van der Waals surface area (Å²) in [6, 6.07) is 1.80. The minimum absolute atomic E-state index is 0.144. The summed E-state index contributed by atoms with van der Waals surface area (Å²) in [4.78, 5) is 13.6. The molecule has 0 bridgehead atoms. The molecule has 2 aromatic heterocycles. The van der Waals surface area contributed by atoms with Crippen LogP contribution in [0.2, 0.25) is 5.15 Å². The number of hydrogen-bond acceptors (Lipinski definition) is 4. The molecule has 2 aromatic rings. The van der Waals surface area contributed by atoms with E-state index in [1.54, 1.807) is 35.8 Å². The Hall–Kier alpha value is -2.08. The molecule has 0 aliphatic carbocycles. The van der Waals surface area contributed by atoms with Crippen molar-refractivity contribution >= 4 is 23.6 Å². The van der Waals surface area contributed by atoms with E-state index in [0.717, 1.165) is 17.0 Å². The molecule has 0 atom stereocenters. The van der Waals surface area contributed by atoms with E-state index in [1.165, 1.54) is 6.08 Å². The van der Waals surface area contributed by atoms with Gasteiger partial charge in [-0.3, -0.25) is 9.48 Å². The van der Waals surface area contributed by atoms with E-state index in [4.69, 9.17) is 16.1 Å². The van der Waals surface area contributed by atoms with Crippen LogP contribution in [0.4, 0.5) is 0 Å². The maximum atomic E-state index is 12.1. The van der Waals surface area contributed by atoms with E-state index in [1.807, 2.05) is 13.8 Å². The number of carbonyl (C=O) groups excluding carboxylic acids is 1. The predicted molar refractivity (Wildman–Crippen MR) is 79.7 cm³/mol. The topological polar surface area (TPSA) is 64.2 Å². The molecule has 2 heterocycles. The lowest BCUT2D eigenvalue weighted by molar-refractivity contribution is -0.125. The van der Waals surface area contributed by atoms with Gasteiger partial charge >= 0.3 is 0 Å². The van der Waals surface area contributed by atoms with Crippen molar-refractivity contribution in [2.45, 2.75) is 20.4 Å². The van der Waals surface area contributed by atoms with Crippen LogP contribution in [-0.4, -0.2) is 32.8 Å². The Kier molecular flexibility index (Phi) is 4.47. The highest BCUT2D eigenvalue weighted by Gasteiger charge is 2.11. The highest BCUT2D eigenvalue weighted by atomic mass is 35.5. The summed E-state index contributed by atoms with van der Waals surface area (Å²) in [6.07, 6.45) is 3.15. The van der Waals surface area contributed by atoms with Crippen LogP contribution >= 0.6 is 11.6 Å². The standard InChI is InChI=1S/C14H17ClN4O2/c1-9-7-11(17-21-9)8-18(3)13(20)6-5-12-10(2)16-19(4)14(12)15/h5-7H,8H2,1-4H3/b6-5+. The Bertz CT molecular complexity index is 687. The summed E-state index contributed by atoms with van der Waals surface area (Å²) in [5.41, 5.74) is 2.24. The summed E-state index contributed by atoms with van der Waals surface area (Å²) < 4.78 is 6.55. The number of aromatic nitrogens is 3. The lowest BCUT2D eigenvalue weighted by atomic mass is 10.2. The molecule has 112 valence electrons. The predicted octanol–water partition coefficient (Wildman–Crippen LogP) is 2.35. The van der Waals surface area contributed by atoms with Crippen molar-refractivity contribution in [3.8, 4) is 0 Å². The lowest BCUT2D eigenvalue weighted by Crippen LogP contribution is -2.24. The van der Waals surface area contributed by atoms with Crippen molar-refractivity contribution in [1.29, 1.82) is 0 Å². The first-order valence-corrected chi connectivity index (χ1v) is 6.80. The first-order chi connectivity index (χ1) is 9.88. The lowest BCUT2D eigenvalue weighted by Gasteiger charge is -2.12. The zero-order valence-corrected chi connectivity index (χ0v) is 13.2. The minimum Gasteiger partial charge on any atom is -0.361 e. The van der Waals surface area contributed by atoms with Gasteiger partial charge in [0, 0.05) is 31.8 Å². The molecule has 0 saturated heterocycles. The van der Waals surface area contributed by atoms with E-state index in [-0.39, 0.29) is 5.91 Å². The van der Waals surface area contributed by atoms with Crippen LogP contribution in [0.3, 0.4) is 0 Å². The van der Waals surface area contributed by atoms with E-state index in [0.29, 0.717) is 17.4 Å². The maximum Gasteiger partial charge on any atom is 0.246 e. The van der Waals surface area contributed by atoms with Crippen LogP contribution in [0.25, 0.3) is 6.08 Å². The third-order valence-corrected chi connectivity index (χ3v) is 3.49. The van der Waals surface area contributed by atoms with Crippen LogP contribution in [0.15, 0.2) is 16.7 Å². The molecule has 0 N–H and O–H groups in total. The van der Waals surface area contributed by atoms with Gasteiger partial charge in [-0.05, 0) is 19.9 Å². The van der Waals surface area contributed by atoms with Gasteiger partial charge in [-0.25, -0.2) is 0 Å². The second-order valence-electron chi connectivity index (χ2n) is 4.87. The fourth-order valence-corrected chi connectivity index (χ4v) is 2.17. The van der Waals surface area contributed by atoms with E-state index in [2.05, 4.69) is 10.3 Å². The Morgan fingerprint density at radius 1 is 1.52 bits per heavy atom. The third kappa shape index (κ3) is 3.52. The van der Waals surface area contributed by atoms with Crippen LogP contribution < -0.4 is 0 Å². The fraction of sp³-hybridized carbons (Fsp3) is 0.357. The van der Waals surface area contributed by atoms with Crippen molar-refractivity contribution in [3.63, 3.8) is 0 Å². The molecule has 0 fully saturated rings. The third-order valence-electron chi connectivity index (χ3n) is 3.04. The molecule has 0 aliphatic rings. The molecule has 0 spiro atoms. The summed E-state index contributed by atoms with van der Waals surface area (Å²) in [5.74, 6) is 0.578. The van der Waals surface area contributed by atoms with Gasteiger partial charge in [0.1, 0.15) is 16.6 Å². The molecular formula is C14H17ClN4O2. The van der Waals surface area contributed by atoms with Crippen LogP contribution in [0.5, 0.6) is 0 Å². The molecule has 0 saturated carbocycles. The molecule has 1 amide bonds. The highest BCUT2D eigenvalue weighted by Crippen LogP contribution is 2.20. The average molecular weight is 309 g/mol. The van der Waals surface area contributed by atoms with Gasteiger partial charge in [-0.15, -0.1) is 0 Å². The van der Waals surface area contributed by atoms with Gasteiger partial charge in [0.2, 0.25) is 5.91 Å². The van der Waals surface area contributed by atoms with E-state index < -0.39 is 0 Å². The van der Waals surface area contributed by atoms with Crippen molar-refractivity contribution in [2.75, 3.05) is 7.05 Å². The molecule has 6 nitrogen and oxygen atoms in total. The van der Waals surface area contributed by atoms with Gasteiger partial charge in [0.25, 0.3) is 0 Å². The summed E-state index contributed by atoms with van der Waals surface area (Å²) in [7, 11) is 3.46. The molecule has 21 heavy (non-hydrogen) atoms. The number of rotatable bonds is 4. The number of halogens is 1. The second-order valence-corrected chi connectivity index (χ2v) is 5.23. The quantitative estimate of drug-likeness (QED) is 0.813. The molecule has 0 aliphatic heterocycles. The van der Waals surface area contributed by atoms with E-state index >= 15 is 0 Å². The highest BCUT2D eigenvalue weighted by molar-refractivity contribution is 6.31. The van der Waals surface area contributed by atoms with Crippen molar-refractivity contribution in [3.05, 3.63) is 40.0 Å². The molecule has 0 unspecified atom stereocenters. The normalized spacial score (nSPS) is 11.3. The number of aryl methyl sites for hydroxylation is 3. The summed E-state index contributed by atoms with van der Waals surface area (Å²) in [6.45, 7) is 4.05. The Balaban J connectivity index is 2.04. The number of carbonyl (C=O) groups is 1. The van der Waals surface area contributed by atoms with Crippen molar-refractivity contribution in [1.82, 2.24) is 19.8 Å². The van der Waals surface area contributed by atoms with Gasteiger partial charge < -0.3 is 9.42 Å². The molecule has 0 radical (unpaired) electrons. The van der Waals surface area contributed by atoms with Gasteiger partial charge in [-0.2, -0.15) is 5.10 Å².